The van der Waals surface area contributed by atoms with E-state index in [4.69, 9.17) is 2.74 Å². The van der Waals surface area contributed by atoms with Gasteiger partial charge in [0.1, 0.15) is 0 Å². The van der Waals surface area contributed by atoms with E-state index in [9.17, 15) is 6.85 Å². The summed E-state index contributed by atoms with van der Waals surface area (Å²) in [4.78, 5) is 0. The van der Waals surface area contributed by atoms with E-state index < -0.39 is 12.1 Å². The highest BCUT2D eigenvalue weighted by Gasteiger charge is 2.19. The molecule has 12 rings (SSSR count). The van der Waals surface area contributed by atoms with Gasteiger partial charge in [0.2, 0.25) is 0 Å². The Labute approximate surface area is 358 Å². The highest BCUT2D eigenvalue weighted by molar-refractivity contribution is 6.19. The van der Waals surface area contributed by atoms with E-state index >= 15 is 0 Å². The van der Waals surface area contributed by atoms with Crippen LogP contribution < -0.4 is 0 Å². The van der Waals surface area contributed by atoms with Crippen LogP contribution >= 0.6 is 0 Å². The summed E-state index contributed by atoms with van der Waals surface area (Å²) in [6, 6.07) is 61.5. The molecule has 2 nitrogen and oxygen atoms in total. The number of hydrogen-bond donors (Lipinski definition) is 0. The van der Waals surface area contributed by atoms with Gasteiger partial charge in [-0.1, -0.05) is 170 Å². The maximum absolute atomic E-state index is 10.0. The normalized spacial score (nSPS) is 13.3. The number of fused-ring (bicyclic) bond motifs is 7. The molecule has 0 radical (unpaired) electrons. The second-order valence-electron chi connectivity index (χ2n) is 15.2. The standard InChI is InChI=1S/C58H38N2/c1-3-13-39(14-4-1)41-25-31-46(32-26-41)59-54-23-10-9-20-50(54)52-37-44(29-35-55(52)59)45-30-36-56-53(38-45)58-51(49-21-11-18-43-17-7-8-19-48(43)49)22-12-24-57(58)60(56)47-33-27-42(28-34-47)40-15-5-2-6-16-40/h1-38H/i9D,10D,20D,23D,29D,35D,37D. The minimum absolute atomic E-state index is 0.0837. The van der Waals surface area contributed by atoms with E-state index in [-0.39, 0.29) is 57.6 Å². The largest absolute Gasteiger partial charge is 0.309 e. The average molecular weight is 770 g/mol. The molecular weight excluding hydrogens is 725 g/mol. The van der Waals surface area contributed by atoms with Crippen molar-refractivity contribution < 1.29 is 9.60 Å². The molecule has 0 aliphatic heterocycles. The van der Waals surface area contributed by atoms with Crippen LogP contribution in [0.2, 0.25) is 0 Å². The highest BCUT2D eigenvalue weighted by atomic mass is 15.0. The van der Waals surface area contributed by atoms with Crippen LogP contribution in [0.15, 0.2) is 230 Å². The Balaban J connectivity index is 1.13. The predicted octanol–water partition coefficient (Wildman–Crippen LogP) is 15.7. The number of hydrogen-bond acceptors (Lipinski definition) is 0. The maximum atomic E-state index is 10.0. The summed E-state index contributed by atoms with van der Waals surface area (Å²) in [7, 11) is 0. The van der Waals surface area contributed by atoms with Crippen molar-refractivity contribution >= 4 is 54.4 Å². The summed E-state index contributed by atoms with van der Waals surface area (Å²) < 4.78 is 69.2. The maximum Gasteiger partial charge on any atom is 0.0645 e. The molecule has 0 amide bonds. The number of rotatable bonds is 6. The molecule has 12 aromatic rings. The molecule has 0 unspecified atom stereocenters. The van der Waals surface area contributed by atoms with Gasteiger partial charge in [-0.2, -0.15) is 0 Å². The Morgan fingerprint density at radius 2 is 0.883 bits per heavy atom. The van der Waals surface area contributed by atoms with Gasteiger partial charge in [-0.3, -0.25) is 0 Å². The Kier molecular flexibility index (Phi) is 6.39. The van der Waals surface area contributed by atoms with Gasteiger partial charge in [-0.15, -0.1) is 0 Å². The molecule has 280 valence electrons. The lowest BCUT2D eigenvalue weighted by Crippen LogP contribution is -1.94. The smallest absolute Gasteiger partial charge is 0.0645 e. The third-order valence-electron chi connectivity index (χ3n) is 11.8. The van der Waals surface area contributed by atoms with Crippen molar-refractivity contribution in [3.63, 3.8) is 0 Å². The van der Waals surface area contributed by atoms with Crippen molar-refractivity contribution in [2.24, 2.45) is 0 Å². The van der Waals surface area contributed by atoms with Gasteiger partial charge in [0.25, 0.3) is 0 Å². The predicted molar refractivity (Wildman–Crippen MR) is 254 cm³/mol. The monoisotopic (exact) mass is 769 g/mol. The quantitative estimate of drug-likeness (QED) is 0.159. The van der Waals surface area contributed by atoms with Crippen molar-refractivity contribution in [1.82, 2.24) is 9.13 Å². The second-order valence-corrected chi connectivity index (χ2v) is 15.2. The lowest BCUT2D eigenvalue weighted by Gasteiger charge is -2.11. The minimum atomic E-state index is -0.426. The molecule has 2 heterocycles. The van der Waals surface area contributed by atoms with Crippen LogP contribution in [0.3, 0.4) is 0 Å². The van der Waals surface area contributed by atoms with Crippen LogP contribution in [0.1, 0.15) is 9.60 Å². The molecule has 0 bridgehead atoms. The molecule has 0 aliphatic carbocycles. The van der Waals surface area contributed by atoms with E-state index in [2.05, 4.69) is 95.6 Å². The van der Waals surface area contributed by atoms with E-state index in [0.717, 1.165) is 71.6 Å². The zero-order valence-electron chi connectivity index (χ0n) is 39.3. The van der Waals surface area contributed by atoms with Crippen molar-refractivity contribution in [2.45, 2.75) is 0 Å². The van der Waals surface area contributed by atoms with Crippen molar-refractivity contribution in [3.8, 4) is 55.9 Å². The van der Waals surface area contributed by atoms with Crippen LogP contribution in [0.25, 0.3) is 110 Å². The average Bonchev–Trinajstić information content (AvgIpc) is 3.92. The first-order chi connectivity index (χ1) is 32.7. The summed E-state index contributed by atoms with van der Waals surface area (Å²) in [6.45, 7) is 0. The Hall–Kier alpha value is -7.94. The fourth-order valence-corrected chi connectivity index (χ4v) is 8.97. The number of nitrogens with zero attached hydrogens (tertiary/aromatic N) is 2. The van der Waals surface area contributed by atoms with Crippen LogP contribution in [-0.2, 0) is 0 Å². The summed E-state index contributed by atoms with van der Waals surface area (Å²) >= 11 is 0. The first kappa shape index (κ1) is 27.7. The molecule has 0 saturated carbocycles. The summed E-state index contributed by atoms with van der Waals surface area (Å²) in [5.41, 5.74) is 10.8. The first-order valence-corrected chi connectivity index (χ1v) is 20.1. The summed E-state index contributed by atoms with van der Waals surface area (Å²) in [6.07, 6.45) is 0. The lowest BCUT2D eigenvalue weighted by atomic mass is 9.94. The molecule has 2 aromatic heterocycles. The Morgan fingerprint density at radius 1 is 0.317 bits per heavy atom. The minimum Gasteiger partial charge on any atom is -0.309 e. The fraction of sp³-hybridized carbons (Fsp3) is 0. The van der Waals surface area contributed by atoms with E-state index in [1.54, 1.807) is 4.57 Å². The number of aromatic nitrogens is 2. The SMILES string of the molecule is [2H]c1c([2H])c([2H])c2c(c1[2H])c1c([2H])c(-c3ccc4c(c3)c3c(-c5cccc6ccccc56)cccc3n4-c3ccc(-c4ccccc4)cc3)c([2H])c([2H])c1n2-c1ccc(-c2ccccc2)cc1. The molecule has 0 saturated heterocycles. The van der Waals surface area contributed by atoms with Crippen molar-refractivity contribution in [2.75, 3.05) is 0 Å². The van der Waals surface area contributed by atoms with Crippen LogP contribution in [-0.4, -0.2) is 9.13 Å². The molecule has 0 fully saturated rings. The van der Waals surface area contributed by atoms with Gasteiger partial charge >= 0.3 is 0 Å². The molecule has 0 N–H and O–H groups in total. The van der Waals surface area contributed by atoms with Crippen LogP contribution in [0.4, 0.5) is 0 Å². The fourth-order valence-electron chi connectivity index (χ4n) is 8.97. The van der Waals surface area contributed by atoms with Crippen molar-refractivity contribution in [3.05, 3.63) is 230 Å². The molecule has 2 heteroatoms. The molecule has 60 heavy (non-hydrogen) atoms. The van der Waals surface area contributed by atoms with Crippen LogP contribution in [0.5, 0.6) is 0 Å². The molecule has 0 aliphatic rings. The zero-order chi connectivity index (χ0) is 45.7. The van der Waals surface area contributed by atoms with Gasteiger partial charge in [0.05, 0.1) is 31.7 Å². The summed E-state index contributed by atoms with van der Waals surface area (Å²) in [5, 5.41) is 4.47. The van der Waals surface area contributed by atoms with Gasteiger partial charge in [0.15, 0.2) is 0 Å². The molecule has 10 aromatic carbocycles. The third-order valence-corrected chi connectivity index (χ3v) is 11.8. The van der Waals surface area contributed by atoms with E-state index in [0.29, 0.717) is 11.3 Å². The zero-order valence-corrected chi connectivity index (χ0v) is 32.3. The number of para-hydroxylation sites is 1. The topological polar surface area (TPSA) is 9.86 Å². The van der Waals surface area contributed by atoms with Crippen molar-refractivity contribution in [1.29, 1.82) is 0 Å². The van der Waals surface area contributed by atoms with Gasteiger partial charge in [-0.05, 0) is 116 Å². The first-order valence-electron chi connectivity index (χ1n) is 23.6. The van der Waals surface area contributed by atoms with Gasteiger partial charge in [-0.25, -0.2) is 0 Å². The van der Waals surface area contributed by atoms with Crippen LogP contribution in [0, 0.1) is 0 Å². The molecular formula is C58H38N2. The highest BCUT2D eigenvalue weighted by Crippen LogP contribution is 2.43. The lowest BCUT2D eigenvalue weighted by molar-refractivity contribution is 1.18. The Bertz CT molecular complexity index is 3960. The van der Waals surface area contributed by atoms with E-state index in [1.165, 1.54) is 0 Å². The van der Waals surface area contributed by atoms with Gasteiger partial charge in [0, 0.05) is 32.9 Å². The Morgan fingerprint density at radius 3 is 1.62 bits per heavy atom. The summed E-state index contributed by atoms with van der Waals surface area (Å²) in [5.74, 6) is 0. The second kappa shape index (κ2) is 13.9. The van der Waals surface area contributed by atoms with E-state index in [1.807, 2.05) is 97.1 Å². The van der Waals surface area contributed by atoms with Gasteiger partial charge < -0.3 is 9.13 Å². The number of benzene rings is 10. The molecule has 0 atom stereocenters. The third kappa shape index (κ3) is 5.50. The molecule has 0 spiro atoms.